The van der Waals surface area contributed by atoms with Crippen molar-refractivity contribution in [3.05, 3.63) is 95.8 Å². The molecule has 0 radical (unpaired) electrons. The van der Waals surface area contributed by atoms with Crippen molar-refractivity contribution in [3.63, 3.8) is 0 Å². The van der Waals surface area contributed by atoms with Gasteiger partial charge in [-0.1, -0.05) is 54.6 Å². The number of halogens is 1. The first-order valence-corrected chi connectivity index (χ1v) is 10.7. The summed E-state index contributed by atoms with van der Waals surface area (Å²) in [6, 6.07) is 20.9. The molecule has 8 heteroatoms. The van der Waals surface area contributed by atoms with E-state index < -0.39 is 29.2 Å². The van der Waals surface area contributed by atoms with Gasteiger partial charge in [0.05, 0.1) is 12.4 Å². The summed E-state index contributed by atoms with van der Waals surface area (Å²) in [7, 11) is 1.23. The molecule has 0 fully saturated rings. The van der Waals surface area contributed by atoms with Crippen LogP contribution in [-0.2, 0) is 20.9 Å². The molecule has 0 saturated heterocycles. The Kier molecular flexibility index (Phi) is 8.10. The number of hydrogen-bond acceptors (Lipinski definition) is 6. The number of anilines is 1. The Morgan fingerprint density at radius 1 is 1.00 bits per heavy atom. The first kappa shape index (κ1) is 23.1. The number of esters is 1. The van der Waals surface area contributed by atoms with E-state index in [4.69, 9.17) is 15.2 Å². The number of rotatable bonds is 8. The first-order chi connectivity index (χ1) is 15.5. The van der Waals surface area contributed by atoms with Crippen molar-refractivity contribution < 1.29 is 23.5 Å². The number of amides is 1. The van der Waals surface area contributed by atoms with Crippen molar-refractivity contribution >= 4 is 29.5 Å². The van der Waals surface area contributed by atoms with Crippen LogP contribution < -0.4 is 11.1 Å². The van der Waals surface area contributed by atoms with E-state index in [1.807, 2.05) is 36.4 Å². The lowest BCUT2D eigenvalue weighted by molar-refractivity contribution is -0.143. The number of methoxy groups -OCH3 is 1. The van der Waals surface area contributed by atoms with E-state index in [9.17, 15) is 14.0 Å². The van der Waals surface area contributed by atoms with Crippen LogP contribution in [0, 0.1) is 5.82 Å². The second kappa shape index (κ2) is 11.2. The summed E-state index contributed by atoms with van der Waals surface area (Å²) in [4.78, 5) is 25.9. The molecule has 0 spiro atoms. The summed E-state index contributed by atoms with van der Waals surface area (Å²) in [6.45, 7) is 0.0422. The number of carbonyl (C=O) groups excluding carboxylic acids is 2. The van der Waals surface area contributed by atoms with Gasteiger partial charge in [-0.15, -0.1) is 11.8 Å². The topological polar surface area (TPSA) is 90.6 Å². The van der Waals surface area contributed by atoms with Crippen molar-refractivity contribution in [1.29, 1.82) is 0 Å². The van der Waals surface area contributed by atoms with Crippen molar-refractivity contribution in [3.8, 4) is 0 Å². The highest BCUT2D eigenvalue weighted by atomic mass is 32.2. The van der Waals surface area contributed by atoms with Gasteiger partial charge in [-0.25, -0.2) is 14.0 Å². The maximum Gasteiger partial charge on any atom is 0.408 e. The lowest BCUT2D eigenvalue weighted by atomic mass is 10.1. The number of nitrogens with one attached hydrogen (secondary N) is 1. The fourth-order valence-corrected chi connectivity index (χ4v) is 4.23. The van der Waals surface area contributed by atoms with Gasteiger partial charge in [0.2, 0.25) is 0 Å². The third-order valence-electron chi connectivity index (χ3n) is 4.62. The van der Waals surface area contributed by atoms with Crippen molar-refractivity contribution in [2.45, 2.75) is 22.8 Å². The van der Waals surface area contributed by atoms with Crippen LogP contribution in [-0.4, -0.2) is 25.2 Å². The normalized spacial score (nSPS) is 12.4. The maximum atomic E-state index is 13.5. The molecule has 0 saturated carbocycles. The number of alkyl carbamates (subject to hydrolysis) is 1. The third-order valence-corrected chi connectivity index (χ3v) is 6.04. The molecule has 0 aromatic heterocycles. The van der Waals surface area contributed by atoms with Crippen molar-refractivity contribution in [2.75, 3.05) is 12.8 Å². The van der Waals surface area contributed by atoms with E-state index in [1.165, 1.54) is 31.0 Å². The molecule has 0 aliphatic carbocycles. The number of benzene rings is 3. The minimum absolute atomic E-state index is 0.0422. The smallest absolute Gasteiger partial charge is 0.408 e. The van der Waals surface area contributed by atoms with Crippen LogP contribution in [0.25, 0.3) is 0 Å². The molecular formula is C24H23FN2O4S. The molecule has 6 nitrogen and oxygen atoms in total. The molecule has 166 valence electrons. The predicted octanol–water partition coefficient (Wildman–Crippen LogP) is 4.71. The minimum Gasteiger partial charge on any atom is -0.467 e. The molecule has 3 rings (SSSR count). The summed E-state index contributed by atoms with van der Waals surface area (Å²) in [6.07, 6.45) is -0.780. The lowest BCUT2D eigenvalue weighted by Gasteiger charge is -2.26. The monoisotopic (exact) mass is 454 g/mol. The van der Waals surface area contributed by atoms with Gasteiger partial charge in [0.1, 0.15) is 18.5 Å². The van der Waals surface area contributed by atoms with Gasteiger partial charge in [0.25, 0.3) is 0 Å². The van der Waals surface area contributed by atoms with Crippen LogP contribution >= 0.6 is 11.8 Å². The molecule has 1 amide bonds. The summed E-state index contributed by atoms with van der Waals surface area (Å²) in [5, 5.41) is 1.94. The van der Waals surface area contributed by atoms with E-state index in [1.54, 1.807) is 30.3 Å². The van der Waals surface area contributed by atoms with Crippen molar-refractivity contribution in [1.82, 2.24) is 5.32 Å². The van der Waals surface area contributed by atoms with E-state index in [0.29, 0.717) is 16.1 Å². The highest BCUT2D eigenvalue weighted by molar-refractivity contribution is 7.99. The van der Waals surface area contributed by atoms with E-state index >= 15 is 0 Å². The zero-order chi connectivity index (χ0) is 22.9. The molecule has 0 bridgehead atoms. The number of carbonyl (C=O) groups is 2. The van der Waals surface area contributed by atoms with Gasteiger partial charge in [0.15, 0.2) is 0 Å². The van der Waals surface area contributed by atoms with Crippen LogP contribution in [0.4, 0.5) is 14.9 Å². The van der Waals surface area contributed by atoms with Gasteiger partial charge < -0.3 is 20.5 Å². The highest BCUT2D eigenvalue weighted by Gasteiger charge is 2.34. The Hall–Kier alpha value is -3.52. The molecular weight excluding hydrogens is 431 g/mol. The van der Waals surface area contributed by atoms with Crippen LogP contribution in [0.15, 0.2) is 83.8 Å². The summed E-state index contributed by atoms with van der Waals surface area (Å²) in [5.41, 5.74) is 8.01. The van der Waals surface area contributed by atoms with Gasteiger partial charge in [-0.2, -0.15) is 0 Å². The van der Waals surface area contributed by atoms with E-state index in [2.05, 4.69) is 5.32 Å². The molecule has 0 heterocycles. The highest BCUT2D eigenvalue weighted by Crippen LogP contribution is 2.40. The molecule has 0 aliphatic heterocycles. The standard InChI is InChI=1S/C24H23FN2O4S/c1-30-23(28)21(27-24(29)31-15-16-7-3-2-4-8-16)22(17-11-13-18(25)14-12-17)32-20-10-6-5-9-19(20)26/h2-14,21-22H,15,26H2,1H3,(H,27,29)/t21-,22?/m0/s1. The van der Waals surface area contributed by atoms with E-state index in [0.717, 1.165) is 5.56 Å². The molecule has 2 atom stereocenters. The fourth-order valence-electron chi connectivity index (χ4n) is 2.98. The van der Waals surface area contributed by atoms with Crippen LogP contribution in [0.1, 0.15) is 16.4 Å². The fraction of sp³-hybridized carbons (Fsp3) is 0.167. The largest absolute Gasteiger partial charge is 0.467 e. The van der Waals surface area contributed by atoms with Gasteiger partial charge >= 0.3 is 12.1 Å². The van der Waals surface area contributed by atoms with Gasteiger partial charge in [-0.3, -0.25) is 0 Å². The Morgan fingerprint density at radius 2 is 1.66 bits per heavy atom. The molecule has 3 N–H and O–H groups in total. The predicted molar refractivity (Wildman–Crippen MR) is 121 cm³/mol. The molecule has 32 heavy (non-hydrogen) atoms. The minimum atomic E-state index is -1.11. The van der Waals surface area contributed by atoms with Gasteiger partial charge in [0, 0.05) is 10.6 Å². The third kappa shape index (κ3) is 6.24. The lowest BCUT2D eigenvalue weighted by Crippen LogP contribution is -2.45. The maximum absolute atomic E-state index is 13.5. The number of nitrogens with two attached hydrogens (primary N) is 1. The number of ether oxygens (including phenoxy) is 2. The van der Waals surface area contributed by atoms with Crippen molar-refractivity contribution in [2.24, 2.45) is 0 Å². The molecule has 1 unspecified atom stereocenters. The second-order valence-corrected chi connectivity index (χ2v) is 8.02. The number of hydrogen-bond donors (Lipinski definition) is 2. The Labute approximate surface area is 189 Å². The summed E-state index contributed by atoms with van der Waals surface area (Å²) < 4.78 is 23.8. The first-order valence-electron chi connectivity index (χ1n) is 9.79. The van der Waals surface area contributed by atoms with E-state index in [-0.39, 0.29) is 6.61 Å². The Morgan fingerprint density at radius 3 is 2.31 bits per heavy atom. The quantitative estimate of drug-likeness (QED) is 0.291. The Bertz CT molecular complexity index is 1050. The Balaban J connectivity index is 1.86. The average molecular weight is 455 g/mol. The number of nitrogen functional groups attached to an aromatic ring is 1. The molecule has 3 aromatic rings. The van der Waals surface area contributed by atoms with Crippen LogP contribution in [0.5, 0.6) is 0 Å². The summed E-state index contributed by atoms with van der Waals surface area (Å²) >= 11 is 1.26. The summed E-state index contributed by atoms with van der Waals surface area (Å²) in [5.74, 6) is -1.08. The van der Waals surface area contributed by atoms with Gasteiger partial charge in [-0.05, 0) is 35.4 Å². The number of para-hydroxylation sites is 1. The zero-order valence-electron chi connectivity index (χ0n) is 17.4. The number of thioether (sulfide) groups is 1. The molecule has 0 aliphatic rings. The average Bonchev–Trinajstić information content (AvgIpc) is 2.82. The van der Waals surface area contributed by atoms with Crippen LogP contribution in [0.2, 0.25) is 0 Å². The zero-order valence-corrected chi connectivity index (χ0v) is 18.2. The molecule has 3 aromatic carbocycles. The van der Waals surface area contributed by atoms with Crippen LogP contribution in [0.3, 0.4) is 0 Å². The second-order valence-electron chi connectivity index (χ2n) is 6.83. The SMILES string of the molecule is COC(=O)[C@@H](NC(=O)OCc1ccccc1)C(Sc1ccccc1N)c1ccc(F)cc1.